The Balaban J connectivity index is 0.00000145. The molecule has 1 unspecified atom stereocenters. The fourth-order valence-corrected chi connectivity index (χ4v) is 5.03. The highest BCUT2D eigenvalue weighted by molar-refractivity contribution is 7.16. The van der Waals surface area contributed by atoms with E-state index in [4.69, 9.17) is 9.47 Å². The molecule has 0 fully saturated rings. The van der Waals surface area contributed by atoms with Crippen molar-refractivity contribution in [2.75, 3.05) is 41.6 Å². The van der Waals surface area contributed by atoms with E-state index >= 15 is 0 Å². The van der Waals surface area contributed by atoms with Crippen molar-refractivity contribution in [3.05, 3.63) is 113 Å². The van der Waals surface area contributed by atoms with E-state index in [1.54, 1.807) is 69.3 Å². The standard InChI is InChI=1S/C32H31N5O4S.C2H6O.CH5P/c1-33-29(31-36-19-30(42-31)24-8-10-28(40-2)11-9-24)7-5-4-6-16-37(20-26-17-23(22-38)12-14-34-26)21-27-18-25(13-15-35-27)32(39)41-3;1-3-2;1-2/h4-5,7-15,17-19,22H,1,6,16,20-21H2,2-3H3;1-2H3;2H2,1H3/b5-4-,29-7-;;. The maximum absolute atomic E-state index is 12.0. The van der Waals surface area contributed by atoms with Crippen LogP contribution < -0.4 is 4.74 Å². The van der Waals surface area contributed by atoms with E-state index < -0.39 is 5.97 Å². The molecule has 248 valence electrons. The lowest BCUT2D eigenvalue weighted by molar-refractivity contribution is 0.0600. The number of esters is 1. The quantitative estimate of drug-likeness (QED) is 0.0476. The molecule has 0 aliphatic heterocycles. The first kappa shape index (κ1) is 38.8. The maximum atomic E-state index is 12.0. The van der Waals surface area contributed by atoms with Crippen molar-refractivity contribution in [1.82, 2.24) is 19.9 Å². The van der Waals surface area contributed by atoms with Gasteiger partial charge >= 0.3 is 5.97 Å². The Morgan fingerprint density at radius 3 is 2.26 bits per heavy atom. The number of allylic oxidation sites excluding steroid dienone is 2. The Labute approximate surface area is 283 Å². The van der Waals surface area contributed by atoms with Gasteiger partial charge in [0.15, 0.2) is 0 Å². The molecule has 0 bridgehead atoms. The average molecular weight is 676 g/mol. The highest BCUT2D eigenvalue weighted by Crippen LogP contribution is 2.31. The summed E-state index contributed by atoms with van der Waals surface area (Å²) in [6, 6.07) is 14.6. The monoisotopic (exact) mass is 675 g/mol. The minimum Gasteiger partial charge on any atom is -0.497 e. The van der Waals surface area contributed by atoms with Gasteiger partial charge in [-0.25, -0.2) is 9.78 Å². The van der Waals surface area contributed by atoms with Crippen molar-refractivity contribution in [1.29, 1.82) is 0 Å². The molecule has 0 amide bonds. The first-order valence-electron chi connectivity index (χ1n) is 14.5. The van der Waals surface area contributed by atoms with Crippen molar-refractivity contribution in [2.24, 2.45) is 4.99 Å². The van der Waals surface area contributed by atoms with Gasteiger partial charge in [0.1, 0.15) is 17.0 Å². The van der Waals surface area contributed by atoms with Gasteiger partial charge in [0.25, 0.3) is 0 Å². The number of aliphatic imine (C=N–C) groups is 1. The summed E-state index contributed by atoms with van der Waals surface area (Å²) in [6.07, 6.45) is 12.5. The third-order valence-electron chi connectivity index (χ3n) is 6.26. The van der Waals surface area contributed by atoms with Gasteiger partial charge in [0, 0.05) is 58.0 Å². The zero-order valence-electron chi connectivity index (χ0n) is 27.5. The van der Waals surface area contributed by atoms with E-state index in [0.717, 1.165) is 45.3 Å². The SMILES string of the molecule is C=N/C(=C\C=C/CCN(Cc1cc(C=O)ccn1)Cc1cc(C(=O)OC)ccn1)c1ncc(-c2ccc(OC)cc2)s1.COC.CP. The van der Waals surface area contributed by atoms with Crippen LogP contribution in [0.1, 0.15) is 43.5 Å². The van der Waals surface area contributed by atoms with E-state index in [2.05, 4.69) is 45.5 Å². The normalized spacial score (nSPS) is 10.8. The van der Waals surface area contributed by atoms with Gasteiger partial charge in [0.2, 0.25) is 0 Å². The molecule has 3 aromatic heterocycles. The molecule has 0 aliphatic carbocycles. The lowest BCUT2D eigenvalue weighted by Crippen LogP contribution is -2.25. The molecule has 47 heavy (non-hydrogen) atoms. The molecule has 0 saturated carbocycles. The number of nitrogens with zero attached hydrogens (tertiary/aromatic N) is 5. The van der Waals surface area contributed by atoms with Crippen molar-refractivity contribution in [2.45, 2.75) is 19.5 Å². The summed E-state index contributed by atoms with van der Waals surface area (Å²) in [4.78, 5) is 44.0. The molecule has 0 N–H and O–H groups in total. The Hall–Kier alpha value is -4.41. The van der Waals surface area contributed by atoms with Crippen molar-refractivity contribution < 1.29 is 23.8 Å². The van der Waals surface area contributed by atoms with Crippen LogP contribution in [-0.4, -0.2) is 80.5 Å². The van der Waals surface area contributed by atoms with Crippen LogP contribution in [0.4, 0.5) is 0 Å². The van der Waals surface area contributed by atoms with Gasteiger partial charge in [-0.2, -0.15) is 0 Å². The van der Waals surface area contributed by atoms with Gasteiger partial charge < -0.3 is 14.2 Å². The molecule has 0 saturated heterocycles. The molecule has 1 atom stereocenters. The second-order valence-electron chi connectivity index (χ2n) is 9.53. The van der Waals surface area contributed by atoms with Crippen molar-refractivity contribution >= 4 is 45.2 Å². The van der Waals surface area contributed by atoms with Crippen LogP contribution in [0, 0.1) is 0 Å². The minimum absolute atomic E-state index is 0.414. The third kappa shape index (κ3) is 13.1. The second-order valence-corrected chi connectivity index (χ2v) is 10.6. The summed E-state index contributed by atoms with van der Waals surface area (Å²) in [7, 11) is 8.66. The molecule has 12 heteroatoms. The number of hydrogen-bond donors (Lipinski definition) is 0. The number of ether oxygens (including phenoxy) is 3. The fourth-order valence-electron chi connectivity index (χ4n) is 4.12. The van der Waals surface area contributed by atoms with Crippen molar-refractivity contribution in [3.63, 3.8) is 0 Å². The predicted octanol–water partition coefficient (Wildman–Crippen LogP) is 6.65. The lowest BCUT2D eigenvalue weighted by atomic mass is 10.2. The third-order valence-corrected chi connectivity index (χ3v) is 7.33. The molecule has 0 radical (unpaired) electrons. The molecular weight excluding hydrogens is 633 g/mol. The second kappa shape index (κ2) is 22.2. The number of carbonyl (C=O) groups is 2. The van der Waals surface area contributed by atoms with Gasteiger partial charge in [-0.05, 0) is 73.3 Å². The van der Waals surface area contributed by atoms with Gasteiger partial charge in [-0.3, -0.25) is 24.7 Å². The van der Waals surface area contributed by atoms with Crippen molar-refractivity contribution in [3.8, 4) is 16.2 Å². The summed E-state index contributed by atoms with van der Waals surface area (Å²) in [5.74, 6) is 0.389. The topological polar surface area (TPSA) is 116 Å². The summed E-state index contributed by atoms with van der Waals surface area (Å²) >= 11 is 1.54. The van der Waals surface area contributed by atoms with Gasteiger partial charge in [0.05, 0.1) is 41.7 Å². The first-order valence-corrected chi connectivity index (χ1v) is 16.5. The summed E-state index contributed by atoms with van der Waals surface area (Å²) < 4.78 is 14.3. The maximum Gasteiger partial charge on any atom is 0.337 e. The molecular formula is C35H42N5O5PS. The van der Waals surface area contributed by atoms with Gasteiger partial charge in [-0.15, -0.1) is 20.6 Å². The molecule has 4 rings (SSSR count). The summed E-state index contributed by atoms with van der Waals surface area (Å²) in [6.45, 7) is 7.30. The number of aromatic nitrogens is 3. The molecule has 4 aromatic rings. The summed E-state index contributed by atoms with van der Waals surface area (Å²) in [5.41, 5.74) is 4.24. The average Bonchev–Trinajstić information content (AvgIpc) is 3.61. The number of aldehydes is 1. The highest BCUT2D eigenvalue weighted by atomic mass is 32.1. The largest absolute Gasteiger partial charge is 0.497 e. The van der Waals surface area contributed by atoms with Crippen LogP contribution in [0.3, 0.4) is 0 Å². The summed E-state index contributed by atoms with van der Waals surface area (Å²) in [5, 5.41) is 0.778. The first-order chi connectivity index (χ1) is 22.9. The Bertz CT molecular complexity index is 1610. The van der Waals surface area contributed by atoms with Crippen LogP contribution in [-0.2, 0) is 22.6 Å². The van der Waals surface area contributed by atoms with E-state index in [0.29, 0.717) is 36.5 Å². The fraction of sp³-hybridized carbons (Fsp3) is 0.257. The number of hydrogen-bond acceptors (Lipinski definition) is 11. The number of thiazole rings is 1. The zero-order chi connectivity index (χ0) is 34.4. The molecule has 3 heterocycles. The van der Waals surface area contributed by atoms with Gasteiger partial charge in [-0.1, -0.05) is 18.8 Å². The van der Waals surface area contributed by atoms with E-state index in [1.165, 1.54) is 7.11 Å². The smallest absolute Gasteiger partial charge is 0.337 e. The van der Waals surface area contributed by atoms with E-state index in [9.17, 15) is 9.59 Å². The van der Waals surface area contributed by atoms with Crippen LogP contribution in [0.2, 0.25) is 0 Å². The van der Waals surface area contributed by atoms with Crippen LogP contribution in [0.25, 0.3) is 16.1 Å². The molecule has 0 spiro atoms. The van der Waals surface area contributed by atoms with Crippen LogP contribution in [0.15, 0.2) is 90.3 Å². The number of benzene rings is 1. The molecule has 1 aromatic carbocycles. The number of methoxy groups -OCH3 is 3. The Morgan fingerprint density at radius 1 is 0.979 bits per heavy atom. The van der Waals surface area contributed by atoms with E-state index in [1.807, 2.05) is 55.4 Å². The Kier molecular flexibility index (Phi) is 18.3. The lowest BCUT2D eigenvalue weighted by Gasteiger charge is -2.21. The zero-order valence-corrected chi connectivity index (χ0v) is 29.4. The predicted molar refractivity (Wildman–Crippen MR) is 193 cm³/mol. The van der Waals surface area contributed by atoms with Crippen LogP contribution >= 0.6 is 20.6 Å². The highest BCUT2D eigenvalue weighted by Gasteiger charge is 2.12. The number of carbonyl (C=O) groups excluding carboxylic acids is 2. The Morgan fingerprint density at radius 2 is 1.64 bits per heavy atom. The number of rotatable bonds is 14. The molecule has 10 nitrogen and oxygen atoms in total. The minimum atomic E-state index is -0.414. The number of pyridine rings is 2. The van der Waals surface area contributed by atoms with E-state index in [-0.39, 0.29) is 0 Å². The molecule has 0 aliphatic rings. The van der Waals surface area contributed by atoms with Crippen LogP contribution in [0.5, 0.6) is 5.75 Å².